The molecule has 0 aliphatic heterocycles. The van der Waals surface area contributed by atoms with Gasteiger partial charge in [0.15, 0.2) is 11.6 Å². The number of carbonyl (C=O) groups is 1. The minimum Gasteiger partial charge on any atom is -0.496 e. The van der Waals surface area contributed by atoms with Crippen molar-refractivity contribution < 1.29 is 18.3 Å². The van der Waals surface area contributed by atoms with E-state index in [4.69, 9.17) is 4.74 Å². The Bertz CT molecular complexity index is 1730. The van der Waals surface area contributed by atoms with Crippen LogP contribution in [0.25, 0.3) is 21.8 Å². The molecule has 0 fully saturated rings. The number of halogens is 2. The van der Waals surface area contributed by atoms with Crippen LogP contribution in [0.2, 0.25) is 0 Å². The van der Waals surface area contributed by atoms with Gasteiger partial charge in [-0.05, 0) is 62.1 Å². The third-order valence-electron chi connectivity index (χ3n) is 6.42. The Morgan fingerprint density at radius 2 is 1.98 bits per heavy atom. The smallest absolute Gasteiger partial charge is 0.195 e. The SMILES string of the molecule is COc1cc2ncnc(Nc3ccc4c(cnn4Cc4cccc(F)c4)c3)c2cc1CC(=O)C(F)=CCN(C)C. The summed E-state index contributed by atoms with van der Waals surface area (Å²) in [5.41, 5.74) is 3.62. The minimum atomic E-state index is -0.787. The van der Waals surface area contributed by atoms with Gasteiger partial charge in [-0.2, -0.15) is 5.10 Å². The van der Waals surface area contributed by atoms with E-state index in [0.717, 1.165) is 22.2 Å². The first-order valence-corrected chi connectivity index (χ1v) is 12.6. The number of ketones is 1. The molecule has 0 bridgehead atoms. The van der Waals surface area contributed by atoms with Crippen LogP contribution in [0.5, 0.6) is 5.75 Å². The van der Waals surface area contributed by atoms with Crippen molar-refractivity contribution in [3.63, 3.8) is 0 Å². The second-order valence-corrected chi connectivity index (χ2v) is 9.65. The van der Waals surface area contributed by atoms with E-state index in [-0.39, 0.29) is 12.2 Å². The molecule has 204 valence electrons. The molecule has 40 heavy (non-hydrogen) atoms. The van der Waals surface area contributed by atoms with Crippen molar-refractivity contribution in [2.45, 2.75) is 13.0 Å². The van der Waals surface area contributed by atoms with E-state index in [2.05, 4.69) is 20.4 Å². The molecule has 0 spiro atoms. The van der Waals surface area contributed by atoms with Crippen LogP contribution in [0.4, 0.5) is 20.3 Å². The van der Waals surface area contributed by atoms with Crippen LogP contribution in [-0.4, -0.2) is 58.2 Å². The molecule has 0 atom stereocenters. The fourth-order valence-corrected chi connectivity index (χ4v) is 4.43. The highest BCUT2D eigenvalue weighted by molar-refractivity contribution is 5.98. The molecule has 0 radical (unpaired) electrons. The molecule has 0 saturated carbocycles. The molecular weight excluding hydrogens is 514 g/mol. The molecule has 2 aromatic heterocycles. The second-order valence-electron chi connectivity index (χ2n) is 9.65. The normalized spacial score (nSPS) is 11.9. The zero-order valence-corrected chi connectivity index (χ0v) is 22.4. The summed E-state index contributed by atoms with van der Waals surface area (Å²) < 4.78 is 35.3. The number of anilines is 2. The zero-order valence-electron chi connectivity index (χ0n) is 22.4. The lowest BCUT2D eigenvalue weighted by molar-refractivity contribution is -0.116. The second kappa shape index (κ2) is 11.6. The number of nitrogens with one attached hydrogen (secondary N) is 1. The van der Waals surface area contributed by atoms with E-state index in [1.165, 1.54) is 31.6 Å². The molecular formula is C30H28F2N6O2. The Kier molecular flexibility index (Phi) is 7.79. The summed E-state index contributed by atoms with van der Waals surface area (Å²) in [5, 5.41) is 9.35. The lowest BCUT2D eigenvalue weighted by atomic mass is 10.0. The van der Waals surface area contributed by atoms with Gasteiger partial charge in [0.1, 0.15) is 23.7 Å². The zero-order chi connectivity index (χ0) is 28.2. The number of carbonyl (C=O) groups excluding carboxylic acids is 1. The van der Waals surface area contributed by atoms with E-state index < -0.39 is 11.6 Å². The third-order valence-corrected chi connectivity index (χ3v) is 6.42. The Morgan fingerprint density at radius 1 is 1.12 bits per heavy atom. The first-order chi connectivity index (χ1) is 19.3. The van der Waals surface area contributed by atoms with Crippen molar-refractivity contribution in [2.24, 2.45) is 0 Å². The van der Waals surface area contributed by atoms with Crippen molar-refractivity contribution >= 4 is 39.1 Å². The van der Waals surface area contributed by atoms with Gasteiger partial charge in [-0.15, -0.1) is 0 Å². The van der Waals surface area contributed by atoms with Gasteiger partial charge in [0, 0.05) is 41.1 Å². The number of hydrogen-bond acceptors (Lipinski definition) is 7. The summed E-state index contributed by atoms with van der Waals surface area (Å²) >= 11 is 0. The molecule has 2 heterocycles. The Balaban J connectivity index is 1.42. The molecule has 0 saturated heterocycles. The fourth-order valence-electron chi connectivity index (χ4n) is 4.43. The number of nitrogens with zero attached hydrogens (tertiary/aromatic N) is 5. The summed E-state index contributed by atoms with van der Waals surface area (Å²) in [5.74, 6) is -0.737. The van der Waals surface area contributed by atoms with Crippen molar-refractivity contribution in [2.75, 3.05) is 33.1 Å². The molecule has 5 rings (SSSR count). The highest BCUT2D eigenvalue weighted by Gasteiger charge is 2.17. The van der Waals surface area contributed by atoms with Gasteiger partial charge in [-0.25, -0.2) is 18.7 Å². The quantitative estimate of drug-likeness (QED) is 0.235. The first kappa shape index (κ1) is 26.9. The van der Waals surface area contributed by atoms with Gasteiger partial charge >= 0.3 is 0 Å². The van der Waals surface area contributed by atoms with E-state index in [9.17, 15) is 13.6 Å². The lowest BCUT2D eigenvalue weighted by Gasteiger charge is -2.13. The lowest BCUT2D eigenvalue weighted by Crippen LogP contribution is -2.13. The molecule has 1 N–H and O–H groups in total. The number of likely N-dealkylation sites (N-methyl/N-ethyl adjacent to an activating group) is 1. The van der Waals surface area contributed by atoms with Crippen LogP contribution in [0.3, 0.4) is 0 Å². The molecule has 3 aromatic carbocycles. The average molecular weight is 543 g/mol. The number of allylic oxidation sites excluding steroid dienone is 1. The summed E-state index contributed by atoms with van der Waals surface area (Å²) in [6.07, 6.45) is 4.29. The number of benzene rings is 3. The molecule has 8 nitrogen and oxygen atoms in total. The number of hydrogen-bond donors (Lipinski definition) is 1. The van der Waals surface area contributed by atoms with Crippen molar-refractivity contribution in [1.29, 1.82) is 0 Å². The number of ether oxygens (including phenoxy) is 1. The topological polar surface area (TPSA) is 85.2 Å². The molecule has 0 aliphatic rings. The van der Waals surface area contributed by atoms with E-state index >= 15 is 0 Å². The van der Waals surface area contributed by atoms with Gasteiger partial charge in [-0.1, -0.05) is 12.1 Å². The summed E-state index contributed by atoms with van der Waals surface area (Å²) in [7, 11) is 5.09. The van der Waals surface area contributed by atoms with Crippen molar-refractivity contribution in [1.82, 2.24) is 24.6 Å². The first-order valence-electron chi connectivity index (χ1n) is 12.6. The van der Waals surface area contributed by atoms with Crippen LogP contribution in [0.1, 0.15) is 11.1 Å². The minimum absolute atomic E-state index is 0.167. The molecule has 0 unspecified atom stereocenters. The maximum atomic E-state index is 14.4. The Morgan fingerprint density at radius 3 is 2.75 bits per heavy atom. The third kappa shape index (κ3) is 5.97. The van der Waals surface area contributed by atoms with Crippen LogP contribution < -0.4 is 10.1 Å². The highest BCUT2D eigenvalue weighted by atomic mass is 19.1. The van der Waals surface area contributed by atoms with Crippen molar-refractivity contribution in [3.05, 3.63) is 96.0 Å². The number of Topliss-reactive ketones (excluding diaryl/α,β-unsaturated/α-hetero) is 1. The Hall–Kier alpha value is -4.70. The van der Waals surface area contributed by atoms with Gasteiger partial charge in [0.05, 0.1) is 30.9 Å². The van der Waals surface area contributed by atoms with E-state index in [1.807, 2.05) is 28.9 Å². The predicted octanol–water partition coefficient (Wildman–Crippen LogP) is 5.45. The predicted molar refractivity (Wildman–Crippen MR) is 151 cm³/mol. The molecule has 5 aromatic rings. The molecule has 10 heteroatoms. The molecule has 0 amide bonds. The maximum absolute atomic E-state index is 14.4. The van der Waals surface area contributed by atoms with E-state index in [1.54, 1.807) is 43.4 Å². The van der Waals surface area contributed by atoms with Crippen molar-refractivity contribution in [3.8, 4) is 5.75 Å². The van der Waals surface area contributed by atoms with Gasteiger partial charge in [0.25, 0.3) is 0 Å². The Labute approximate surface area is 229 Å². The highest BCUT2D eigenvalue weighted by Crippen LogP contribution is 2.31. The van der Waals surface area contributed by atoms with E-state index in [0.29, 0.717) is 41.1 Å². The van der Waals surface area contributed by atoms with Gasteiger partial charge in [0.2, 0.25) is 0 Å². The monoisotopic (exact) mass is 542 g/mol. The van der Waals surface area contributed by atoms with Crippen LogP contribution >= 0.6 is 0 Å². The van der Waals surface area contributed by atoms with Crippen LogP contribution in [0, 0.1) is 5.82 Å². The molecule has 0 aliphatic carbocycles. The van der Waals surface area contributed by atoms with Gasteiger partial charge in [-0.3, -0.25) is 9.48 Å². The number of aromatic nitrogens is 4. The summed E-state index contributed by atoms with van der Waals surface area (Å²) in [4.78, 5) is 23.1. The average Bonchev–Trinajstić information content (AvgIpc) is 3.33. The van der Waals surface area contributed by atoms with Crippen LogP contribution in [0.15, 0.2) is 79.0 Å². The summed E-state index contributed by atoms with van der Waals surface area (Å²) in [6, 6.07) is 15.7. The standard InChI is InChI=1S/C30H28F2N6O2/c1-37(2)10-9-25(32)28(39)14-20-13-24-26(15-29(20)40-3)33-18-34-30(24)36-23-7-8-27-21(12-23)16-35-38(27)17-19-5-4-6-22(31)11-19/h4-9,11-13,15-16,18H,10,14,17H2,1-3H3,(H,33,34,36). The largest absolute Gasteiger partial charge is 0.496 e. The van der Waals surface area contributed by atoms with Crippen LogP contribution in [-0.2, 0) is 17.8 Å². The number of fused-ring (bicyclic) bond motifs is 2. The fraction of sp³-hybridized carbons (Fsp3) is 0.200. The van der Waals surface area contributed by atoms with Gasteiger partial charge < -0.3 is 15.0 Å². The number of methoxy groups -OCH3 is 1. The maximum Gasteiger partial charge on any atom is 0.195 e. The number of rotatable bonds is 10. The summed E-state index contributed by atoms with van der Waals surface area (Å²) in [6.45, 7) is 0.765.